The molecule has 2 aromatic carbocycles. The number of unbranched alkanes of at least 4 members (excludes halogenated alkanes) is 1. The minimum absolute atomic E-state index is 0.0424. The molecule has 1 aromatic heterocycles. The highest BCUT2D eigenvalue weighted by atomic mass is 32.1. The smallest absolute Gasteiger partial charge is 0.288 e. The van der Waals surface area contributed by atoms with Crippen LogP contribution in [0.3, 0.4) is 0 Å². The molecule has 3 aliphatic heterocycles. The summed E-state index contributed by atoms with van der Waals surface area (Å²) in [6.07, 6.45) is 8.35. The van der Waals surface area contributed by atoms with E-state index in [0.717, 1.165) is 68.7 Å². The molecule has 7 rings (SSSR count). The van der Waals surface area contributed by atoms with Gasteiger partial charge in [0, 0.05) is 37.1 Å². The number of ether oxygens (including phenoxy) is 1. The molecule has 2 N–H and O–H groups in total. The number of hydrogen-bond acceptors (Lipinski definition) is 9. The molecule has 11 heteroatoms. The molecule has 2 amide bonds. The van der Waals surface area contributed by atoms with E-state index in [9.17, 15) is 9.59 Å². The van der Waals surface area contributed by atoms with Gasteiger partial charge in [-0.1, -0.05) is 73.2 Å². The fourth-order valence-electron chi connectivity index (χ4n) is 9.13. The zero-order valence-electron chi connectivity index (χ0n) is 33.1. The standard InChI is InChI=1S/C44H61N7O3S/c1-33-40(35-15-8-5-9-16-35)54-43(46-33)50-26-27-51(39(31-50)41(52)45-29-37-17-12-28-55-37)42(53)38(18-10-11-24-48(2)3)47-36-19-21-44(22-20-36)23-25-49(32-44)30-34-13-6-4-7-14-34/h4-9,12-17,28,33,36,38-40,47H,10-11,18-27,29-32H2,1-3H3,(H,45,52)/t33-,36?,38-,39+,40+,44?/m1/s1. The number of likely N-dealkylation sites (tertiary alicyclic amines) is 1. The number of carbonyl (C=O) groups excluding carboxylic acids is 2. The van der Waals surface area contributed by atoms with Crippen molar-refractivity contribution in [3.63, 3.8) is 0 Å². The van der Waals surface area contributed by atoms with Crippen LogP contribution in [0.5, 0.6) is 0 Å². The fourth-order valence-corrected chi connectivity index (χ4v) is 9.77. The van der Waals surface area contributed by atoms with Crippen LogP contribution in [0.15, 0.2) is 83.2 Å². The van der Waals surface area contributed by atoms with Gasteiger partial charge in [0.1, 0.15) is 12.1 Å². The van der Waals surface area contributed by atoms with Crippen molar-refractivity contribution in [3.05, 3.63) is 94.2 Å². The van der Waals surface area contributed by atoms with Gasteiger partial charge in [-0.05, 0) is 107 Å². The monoisotopic (exact) mass is 767 g/mol. The molecule has 1 aliphatic carbocycles. The maximum Gasteiger partial charge on any atom is 0.288 e. The molecule has 4 atom stereocenters. The molecule has 10 nitrogen and oxygen atoms in total. The highest BCUT2D eigenvalue weighted by Crippen LogP contribution is 2.44. The lowest BCUT2D eigenvalue weighted by Gasteiger charge is -2.43. The third kappa shape index (κ3) is 10.2. The van der Waals surface area contributed by atoms with Crippen LogP contribution in [-0.4, -0.2) is 115 Å². The Bertz CT molecular complexity index is 1700. The summed E-state index contributed by atoms with van der Waals surface area (Å²) in [7, 11) is 4.20. The van der Waals surface area contributed by atoms with E-state index in [1.807, 2.05) is 40.6 Å². The molecule has 3 fully saturated rings. The summed E-state index contributed by atoms with van der Waals surface area (Å²) in [4.78, 5) is 43.7. The molecule has 1 saturated carbocycles. The lowest BCUT2D eigenvalue weighted by Crippen LogP contribution is -2.64. The molecule has 296 valence electrons. The van der Waals surface area contributed by atoms with Crippen LogP contribution in [0.1, 0.15) is 80.4 Å². The molecule has 2 saturated heterocycles. The Balaban J connectivity index is 1.02. The number of benzene rings is 2. The first-order valence-electron chi connectivity index (χ1n) is 20.6. The van der Waals surface area contributed by atoms with E-state index in [1.165, 1.54) is 24.8 Å². The quantitative estimate of drug-likeness (QED) is 0.197. The molecule has 4 aliphatic rings. The number of amidine groups is 1. The molecule has 1 spiro atoms. The number of amides is 2. The van der Waals surface area contributed by atoms with Crippen molar-refractivity contribution in [2.45, 2.75) is 102 Å². The largest absolute Gasteiger partial charge is 0.455 e. The fraction of sp³-hybridized carbons (Fsp3) is 0.568. The van der Waals surface area contributed by atoms with Crippen LogP contribution in [0.25, 0.3) is 0 Å². The van der Waals surface area contributed by atoms with Crippen molar-refractivity contribution < 1.29 is 14.3 Å². The van der Waals surface area contributed by atoms with E-state index in [-0.39, 0.29) is 30.0 Å². The molecule has 0 unspecified atom stereocenters. The van der Waals surface area contributed by atoms with E-state index in [2.05, 4.69) is 88.8 Å². The van der Waals surface area contributed by atoms with Gasteiger partial charge in [-0.2, -0.15) is 0 Å². The van der Waals surface area contributed by atoms with Gasteiger partial charge in [-0.25, -0.2) is 4.99 Å². The van der Waals surface area contributed by atoms with Crippen molar-refractivity contribution in [1.29, 1.82) is 0 Å². The van der Waals surface area contributed by atoms with Gasteiger partial charge in [0.25, 0.3) is 6.02 Å². The summed E-state index contributed by atoms with van der Waals surface area (Å²) in [5.74, 6) is -0.0919. The van der Waals surface area contributed by atoms with Gasteiger partial charge in [-0.3, -0.25) is 14.5 Å². The zero-order valence-corrected chi connectivity index (χ0v) is 33.9. The van der Waals surface area contributed by atoms with E-state index in [1.54, 1.807) is 11.3 Å². The highest BCUT2D eigenvalue weighted by Gasteiger charge is 2.44. The second kappa shape index (κ2) is 18.4. The predicted octanol–water partition coefficient (Wildman–Crippen LogP) is 5.92. The lowest BCUT2D eigenvalue weighted by molar-refractivity contribution is -0.145. The number of nitrogens with one attached hydrogen (secondary N) is 2. The minimum Gasteiger partial charge on any atom is -0.455 e. The minimum atomic E-state index is -0.659. The second-order valence-corrected chi connectivity index (χ2v) is 17.7. The lowest BCUT2D eigenvalue weighted by atomic mass is 9.72. The van der Waals surface area contributed by atoms with Crippen LogP contribution >= 0.6 is 11.3 Å². The van der Waals surface area contributed by atoms with Gasteiger partial charge in [-0.15, -0.1) is 11.3 Å². The second-order valence-electron chi connectivity index (χ2n) is 16.6. The van der Waals surface area contributed by atoms with Gasteiger partial charge in [0.15, 0.2) is 0 Å². The van der Waals surface area contributed by atoms with Crippen LogP contribution in [0.4, 0.5) is 0 Å². The first kappa shape index (κ1) is 39.5. The van der Waals surface area contributed by atoms with Crippen LogP contribution in [0.2, 0.25) is 0 Å². The summed E-state index contributed by atoms with van der Waals surface area (Å²) >= 11 is 1.62. The third-order valence-corrected chi connectivity index (χ3v) is 13.1. The van der Waals surface area contributed by atoms with E-state index in [4.69, 9.17) is 9.73 Å². The van der Waals surface area contributed by atoms with E-state index in [0.29, 0.717) is 43.7 Å². The topological polar surface area (TPSA) is 92.8 Å². The van der Waals surface area contributed by atoms with Crippen LogP contribution < -0.4 is 10.6 Å². The zero-order chi connectivity index (χ0) is 38.2. The Morgan fingerprint density at radius 3 is 2.45 bits per heavy atom. The Kier molecular flexibility index (Phi) is 13.2. The average Bonchev–Trinajstić information content (AvgIpc) is 3.97. The molecule has 55 heavy (non-hydrogen) atoms. The Morgan fingerprint density at radius 2 is 1.73 bits per heavy atom. The SMILES string of the molecule is C[C@H]1N=C(N2CCN(C(=O)[C@@H](CCCCN(C)C)NC3CCC4(CC3)CCN(Cc3ccccc3)C4)[C@H](C(=O)NCc3cccs3)C2)O[C@@H]1c1ccccc1. The summed E-state index contributed by atoms with van der Waals surface area (Å²) in [6.45, 7) is 8.18. The van der Waals surface area contributed by atoms with Crippen LogP contribution in [-0.2, 0) is 27.4 Å². The number of rotatable bonds is 14. The maximum atomic E-state index is 14.8. The molecule has 0 bridgehead atoms. The molecule has 4 heterocycles. The molecular formula is C44H61N7O3S. The summed E-state index contributed by atoms with van der Waals surface area (Å²) in [6, 6.07) is 24.9. The summed E-state index contributed by atoms with van der Waals surface area (Å²) < 4.78 is 6.47. The first-order chi connectivity index (χ1) is 26.7. The number of carbonyl (C=O) groups is 2. The summed E-state index contributed by atoms with van der Waals surface area (Å²) in [5.41, 5.74) is 2.85. The number of nitrogens with zero attached hydrogens (tertiary/aromatic N) is 5. The maximum absolute atomic E-state index is 14.8. The van der Waals surface area contributed by atoms with Crippen molar-refractivity contribution in [2.75, 3.05) is 53.4 Å². The Labute approximate surface area is 332 Å². The first-order valence-corrected chi connectivity index (χ1v) is 21.5. The van der Waals surface area contributed by atoms with Crippen molar-refractivity contribution >= 4 is 29.2 Å². The van der Waals surface area contributed by atoms with Crippen molar-refractivity contribution in [2.24, 2.45) is 10.4 Å². The van der Waals surface area contributed by atoms with Gasteiger partial charge < -0.3 is 30.1 Å². The highest BCUT2D eigenvalue weighted by molar-refractivity contribution is 7.09. The Hall–Kier alpha value is -3.77. The van der Waals surface area contributed by atoms with Crippen LogP contribution in [0, 0.1) is 5.41 Å². The van der Waals surface area contributed by atoms with Gasteiger partial charge in [0.2, 0.25) is 11.8 Å². The number of piperazine rings is 1. The van der Waals surface area contributed by atoms with Crippen molar-refractivity contribution in [3.8, 4) is 0 Å². The molecule has 3 aromatic rings. The molecular weight excluding hydrogens is 707 g/mol. The van der Waals surface area contributed by atoms with E-state index < -0.39 is 6.04 Å². The Morgan fingerprint density at radius 1 is 0.964 bits per heavy atom. The van der Waals surface area contributed by atoms with E-state index >= 15 is 0 Å². The molecule has 0 radical (unpaired) electrons. The summed E-state index contributed by atoms with van der Waals surface area (Å²) in [5, 5.41) is 9.08. The predicted molar refractivity (Wildman–Crippen MR) is 221 cm³/mol. The normalized spacial score (nSPS) is 26.3. The third-order valence-electron chi connectivity index (χ3n) is 12.3. The van der Waals surface area contributed by atoms with Gasteiger partial charge in [0.05, 0.1) is 25.2 Å². The van der Waals surface area contributed by atoms with Crippen molar-refractivity contribution in [1.82, 2.24) is 30.2 Å². The average molecular weight is 768 g/mol. The number of aliphatic imine (C=N–C) groups is 1. The number of hydrogen-bond donors (Lipinski definition) is 2. The number of thiophene rings is 1. The van der Waals surface area contributed by atoms with Gasteiger partial charge >= 0.3 is 0 Å².